The predicted molar refractivity (Wildman–Crippen MR) is 151 cm³/mol. The predicted octanol–water partition coefficient (Wildman–Crippen LogP) is 4.93. The number of para-hydroxylation sites is 1. The Balaban J connectivity index is 1.68. The number of hydroxylamine groups is 1. The Hall–Kier alpha value is -4.80. The number of carbonyl (C=O) groups is 1. The highest BCUT2D eigenvalue weighted by Crippen LogP contribution is 2.36. The number of carbonyl (C=O) groups excluding carboxylic acids is 1. The van der Waals surface area contributed by atoms with Gasteiger partial charge >= 0.3 is 0 Å². The van der Waals surface area contributed by atoms with Crippen LogP contribution in [0, 0.1) is 0 Å². The number of pyridine rings is 2. The molecule has 9 nitrogen and oxygen atoms in total. The number of rotatable bonds is 9. The second-order valence-corrected chi connectivity index (χ2v) is 11.0. The molecule has 202 valence electrons. The molecule has 2 heterocycles. The Labute approximate surface area is 231 Å². The summed E-state index contributed by atoms with van der Waals surface area (Å²) in [5.74, 6) is -0.324. The summed E-state index contributed by atoms with van der Waals surface area (Å²) in [4.78, 5) is 21.5. The lowest BCUT2D eigenvalue weighted by molar-refractivity contribution is 0.0707. The van der Waals surface area contributed by atoms with Crippen LogP contribution >= 0.6 is 0 Å². The third kappa shape index (κ3) is 5.35. The lowest BCUT2D eigenvalue weighted by Gasteiger charge is -2.23. The number of benzene rings is 3. The van der Waals surface area contributed by atoms with Gasteiger partial charge in [0.05, 0.1) is 28.8 Å². The number of ether oxygens (including phenoxy) is 1. The van der Waals surface area contributed by atoms with Gasteiger partial charge in [-0.25, -0.2) is 13.9 Å². The van der Waals surface area contributed by atoms with E-state index in [1.54, 1.807) is 42.0 Å². The van der Waals surface area contributed by atoms with Gasteiger partial charge in [-0.2, -0.15) is 0 Å². The molecule has 2 aromatic heterocycles. The van der Waals surface area contributed by atoms with Crippen LogP contribution in [-0.4, -0.2) is 36.6 Å². The SMILES string of the molecule is COc1ccc(S(=O)(=O)C(Nc2c(C(=O)NO)cnc3c(Cc4ccccc4)cccc23)c2cccnc2)cc1. The number of nitrogens with one attached hydrogen (secondary N) is 2. The van der Waals surface area contributed by atoms with Gasteiger partial charge in [-0.3, -0.25) is 20.0 Å². The highest BCUT2D eigenvalue weighted by Gasteiger charge is 2.31. The van der Waals surface area contributed by atoms with E-state index in [1.165, 1.54) is 31.6 Å². The van der Waals surface area contributed by atoms with Crippen molar-refractivity contribution in [1.29, 1.82) is 0 Å². The van der Waals surface area contributed by atoms with E-state index in [0.717, 1.165) is 11.1 Å². The van der Waals surface area contributed by atoms with Crippen molar-refractivity contribution in [3.05, 3.63) is 126 Å². The van der Waals surface area contributed by atoms with E-state index in [-0.39, 0.29) is 16.1 Å². The molecule has 1 unspecified atom stereocenters. The summed E-state index contributed by atoms with van der Waals surface area (Å²) in [7, 11) is -2.58. The van der Waals surface area contributed by atoms with Crippen LogP contribution in [0.3, 0.4) is 0 Å². The first-order valence-electron chi connectivity index (χ1n) is 12.4. The van der Waals surface area contributed by atoms with Gasteiger partial charge in [0.1, 0.15) is 5.75 Å². The molecule has 5 aromatic rings. The summed E-state index contributed by atoms with van der Waals surface area (Å²) >= 11 is 0. The average molecular weight is 555 g/mol. The molecular formula is C30H26N4O5S. The van der Waals surface area contributed by atoms with Gasteiger partial charge < -0.3 is 10.1 Å². The fourth-order valence-corrected chi connectivity index (χ4v) is 6.09. The maximum absolute atomic E-state index is 14.0. The fraction of sp³-hybridized carbons (Fsp3) is 0.100. The Morgan fingerprint density at radius 3 is 2.40 bits per heavy atom. The van der Waals surface area contributed by atoms with E-state index >= 15 is 0 Å². The van der Waals surface area contributed by atoms with Gasteiger partial charge in [0, 0.05) is 29.5 Å². The molecule has 40 heavy (non-hydrogen) atoms. The molecule has 0 aliphatic heterocycles. The van der Waals surface area contributed by atoms with Crippen molar-refractivity contribution >= 4 is 32.3 Å². The molecule has 0 bridgehead atoms. The first-order valence-corrected chi connectivity index (χ1v) is 13.9. The lowest BCUT2D eigenvalue weighted by atomic mass is 9.99. The van der Waals surface area contributed by atoms with E-state index < -0.39 is 21.1 Å². The number of methoxy groups -OCH3 is 1. The topological polar surface area (TPSA) is 131 Å². The molecule has 0 fully saturated rings. The van der Waals surface area contributed by atoms with Crippen molar-refractivity contribution in [2.75, 3.05) is 12.4 Å². The average Bonchev–Trinajstić information content (AvgIpc) is 3.00. The molecule has 0 aliphatic carbocycles. The van der Waals surface area contributed by atoms with Crippen LogP contribution in [0.5, 0.6) is 5.75 Å². The van der Waals surface area contributed by atoms with Gasteiger partial charge in [-0.05, 0) is 47.9 Å². The van der Waals surface area contributed by atoms with Crippen LogP contribution in [0.15, 0.2) is 108 Å². The normalized spacial score (nSPS) is 12.1. The van der Waals surface area contributed by atoms with Crippen LogP contribution in [-0.2, 0) is 16.3 Å². The number of anilines is 1. The minimum absolute atomic E-state index is 0.0225. The molecule has 0 aliphatic rings. The smallest absolute Gasteiger partial charge is 0.278 e. The minimum atomic E-state index is -4.08. The van der Waals surface area contributed by atoms with Crippen LogP contribution < -0.4 is 15.5 Å². The molecule has 1 amide bonds. The quantitative estimate of drug-likeness (QED) is 0.173. The van der Waals surface area contributed by atoms with Crippen LogP contribution in [0.1, 0.15) is 32.4 Å². The number of fused-ring (bicyclic) bond motifs is 1. The minimum Gasteiger partial charge on any atom is -0.497 e. The molecule has 5 rings (SSSR count). The third-order valence-electron chi connectivity index (χ3n) is 6.53. The highest BCUT2D eigenvalue weighted by molar-refractivity contribution is 7.91. The van der Waals surface area contributed by atoms with Crippen LogP contribution in [0.2, 0.25) is 0 Å². The molecule has 3 aromatic carbocycles. The Bertz CT molecular complexity index is 1750. The third-order valence-corrected chi connectivity index (χ3v) is 8.47. The van der Waals surface area contributed by atoms with E-state index in [0.29, 0.717) is 28.6 Å². The number of nitrogens with zero attached hydrogens (tertiary/aromatic N) is 2. The molecule has 0 radical (unpaired) electrons. The summed E-state index contributed by atoms with van der Waals surface area (Å²) in [5.41, 5.74) is 4.73. The van der Waals surface area contributed by atoms with Crippen molar-refractivity contribution in [2.24, 2.45) is 0 Å². The molecule has 3 N–H and O–H groups in total. The molecule has 0 spiro atoms. The lowest BCUT2D eigenvalue weighted by Crippen LogP contribution is -2.26. The van der Waals surface area contributed by atoms with Gasteiger partial charge in [0.2, 0.25) is 9.84 Å². The number of aromatic nitrogens is 2. The molecule has 0 saturated heterocycles. The summed E-state index contributed by atoms with van der Waals surface area (Å²) in [6.07, 6.45) is 4.90. The van der Waals surface area contributed by atoms with Gasteiger partial charge in [0.15, 0.2) is 5.37 Å². The van der Waals surface area contributed by atoms with Crippen molar-refractivity contribution in [2.45, 2.75) is 16.7 Å². The highest BCUT2D eigenvalue weighted by atomic mass is 32.2. The molecule has 10 heteroatoms. The Morgan fingerprint density at radius 2 is 1.73 bits per heavy atom. The molecule has 0 saturated carbocycles. The first kappa shape index (κ1) is 26.8. The summed E-state index contributed by atoms with van der Waals surface area (Å²) in [6, 6.07) is 24.7. The second-order valence-electron chi connectivity index (χ2n) is 8.99. The van der Waals surface area contributed by atoms with Crippen molar-refractivity contribution in [3.63, 3.8) is 0 Å². The zero-order chi connectivity index (χ0) is 28.1. The fourth-order valence-electron chi connectivity index (χ4n) is 4.53. The van der Waals surface area contributed by atoms with Crippen LogP contribution in [0.25, 0.3) is 10.9 Å². The zero-order valence-corrected chi connectivity index (χ0v) is 22.3. The number of amides is 1. The first-order chi connectivity index (χ1) is 19.4. The number of hydrogen-bond acceptors (Lipinski definition) is 8. The summed E-state index contributed by atoms with van der Waals surface area (Å²) < 4.78 is 33.3. The zero-order valence-electron chi connectivity index (χ0n) is 21.5. The standard InChI is InChI=1S/C30H26N4O5S/c1-39-23-12-14-24(15-13-23)40(37,38)30(22-10-6-16-31-18-22)33-28-25-11-5-9-21(17-20-7-3-2-4-8-20)27(25)32-19-26(28)29(35)34-36/h2-16,18-19,30,36H,17H2,1H3,(H,32,33)(H,34,35). The largest absolute Gasteiger partial charge is 0.497 e. The van der Waals surface area contributed by atoms with E-state index in [2.05, 4.69) is 15.3 Å². The summed E-state index contributed by atoms with van der Waals surface area (Å²) in [6.45, 7) is 0. The van der Waals surface area contributed by atoms with Gasteiger partial charge in [-0.15, -0.1) is 0 Å². The molecular weight excluding hydrogens is 528 g/mol. The maximum atomic E-state index is 14.0. The second kappa shape index (κ2) is 11.5. The van der Waals surface area contributed by atoms with Crippen LogP contribution in [0.4, 0.5) is 5.69 Å². The van der Waals surface area contributed by atoms with Crippen molar-refractivity contribution < 1.29 is 23.2 Å². The number of sulfone groups is 1. The summed E-state index contributed by atoms with van der Waals surface area (Å²) in [5, 5.41) is 11.8. The van der Waals surface area contributed by atoms with E-state index in [9.17, 15) is 18.4 Å². The number of hydrogen-bond donors (Lipinski definition) is 3. The maximum Gasteiger partial charge on any atom is 0.278 e. The van der Waals surface area contributed by atoms with Crippen molar-refractivity contribution in [3.8, 4) is 5.75 Å². The van der Waals surface area contributed by atoms with E-state index in [4.69, 9.17) is 4.74 Å². The Kier molecular flexibility index (Phi) is 7.72. The molecule has 1 atom stereocenters. The van der Waals surface area contributed by atoms with Gasteiger partial charge in [-0.1, -0.05) is 54.6 Å². The van der Waals surface area contributed by atoms with E-state index in [1.807, 2.05) is 42.5 Å². The van der Waals surface area contributed by atoms with Gasteiger partial charge in [0.25, 0.3) is 5.91 Å². The van der Waals surface area contributed by atoms with Crippen molar-refractivity contribution in [1.82, 2.24) is 15.4 Å². The Morgan fingerprint density at radius 1 is 0.950 bits per heavy atom. The monoisotopic (exact) mass is 554 g/mol.